The molecule has 0 fully saturated rings. The maximum Gasteiger partial charge on any atom is 0.252 e. The second-order valence-corrected chi connectivity index (χ2v) is 17.5. The first kappa shape index (κ1) is 40.7. The molecule has 0 bridgehead atoms. The van der Waals surface area contributed by atoms with Gasteiger partial charge < -0.3 is 9.80 Å². The van der Waals surface area contributed by atoms with E-state index in [0.717, 1.165) is 62.0 Å². The van der Waals surface area contributed by atoms with Crippen LogP contribution in [0, 0.1) is 0 Å². The van der Waals surface area contributed by atoms with Crippen LogP contribution < -0.4 is 26.2 Å². The van der Waals surface area contributed by atoms with Gasteiger partial charge in [0.05, 0.1) is 22.9 Å². The molecule has 0 spiro atoms. The molecule has 5 heteroatoms. The number of hydrogen-bond acceptors (Lipinski definition) is 4. The third-order valence-corrected chi connectivity index (χ3v) is 13.4. The average molecular weight is 869 g/mol. The maximum atomic E-state index is 5.27. The van der Waals surface area contributed by atoms with Crippen LogP contribution in [0.4, 0.5) is 34.1 Å². The van der Waals surface area contributed by atoms with Crippen molar-refractivity contribution in [2.75, 3.05) is 9.80 Å². The molecule has 0 aliphatic carbocycles. The number of allylic oxidation sites excluding steroid dienone is 5. The van der Waals surface area contributed by atoms with Gasteiger partial charge in [-0.25, -0.2) is 4.98 Å². The first-order valence-corrected chi connectivity index (χ1v) is 23.2. The molecule has 2 aliphatic rings. The van der Waals surface area contributed by atoms with Crippen molar-refractivity contribution in [2.45, 2.75) is 6.92 Å². The predicted octanol–water partition coefficient (Wildman–Crippen LogP) is 14.5. The average Bonchev–Trinajstić information content (AvgIpc) is 3.41. The van der Waals surface area contributed by atoms with Crippen LogP contribution in [0.3, 0.4) is 0 Å². The molecule has 0 N–H and O–H groups in total. The summed E-state index contributed by atoms with van der Waals surface area (Å²) in [6.45, 7) is 5.90. The second-order valence-electron chi connectivity index (χ2n) is 17.5. The normalized spacial score (nSPS) is 12.8. The van der Waals surface area contributed by atoms with Crippen LogP contribution in [-0.2, 0) is 0 Å². The summed E-state index contributed by atoms with van der Waals surface area (Å²) in [7, 11) is 0. The Morgan fingerprint density at radius 1 is 0.456 bits per heavy atom. The van der Waals surface area contributed by atoms with Crippen molar-refractivity contribution in [3.8, 4) is 44.6 Å². The summed E-state index contributed by atoms with van der Waals surface area (Å²) >= 11 is 0. The third kappa shape index (κ3) is 7.22. The molecule has 2 aliphatic heterocycles. The number of rotatable bonds is 9. The maximum absolute atomic E-state index is 5.27. The Hall–Kier alpha value is -8.80. The van der Waals surface area contributed by atoms with E-state index >= 15 is 0 Å². The number of para-hydroxylation sites is 2. The van der Waals surface area contributed by atoms with Gasteiger partial charge in [-0.2, -0.15) is 0 Å². The van der Waals surface area contributed by atoms with Crippen molar-refractivity contribution >= 4 is 73.8 Å². The van der Waals surface area contributed by atoms with Gasteiger partial charge in [0.1, 0.15) is 0 Å². The standard InChI is InChI=1S/C63H45BN4/c1-3-4-8-17-43(2)44-26-32-52(33-27-44)67-59-36-30-49(46-20-11-6-12-21-46)38-54(59)64-55-39-50(47-22-13-7-14-23-47)31-37-60(55)68(53-34-28-48(29-35-53)45-18-9-5-10-19-45)62-41-51(40-61(67)63(62)64)58-42-65-56-24-15-16-25-57(56)66-58/h3-42H,1H2,2H3/b8-4-,43-17+. The van der Waals surface area contributed by atoms with Crippen molar-refractivity contribution < 1.29 is 0 Å². The van der Waals surface area contributed by atoms with Crippen LogP contribution in [0.15, 0.2) is 249 Å². The number of aromatic nitrogens is 2. The molecule has 0 saturated carbocycles. The zero-order chi connectivity index (χ0) is 45.6. The van der Waals surface area contributed by atoms with Crippen LogP contribution in [0.5, 0.6) is 0 Å². The van der Waals surface area contributed by atoms with Crippen molar-refractivity contribution in [3.05, 3.63) is 255 Å². The molecule has 4 nitrogen and oxygen atoms in total. The molecule has 0 atom stereocenters. The predicted molar refractivity (Wildman–Crippen MR) is 288 cm³/mol. The lowest BCUT2D eigenvalue weighted by Gasteiger charge is -2.44. The van der Waals surface area contributed by atoms with Gasteiger partial charge in [-0.15, -0.1) is 0 Å². The van der Waals surface area contributed by atoms with Crippen LogP contribution >= 0.6 is 0 Å². The van der Waals surface area contributed by atoms with Crippen LogP contribution in [0.25, 0.3) is 61.2 Å². The van der Waals surface area contributed by atoms with Gasteiger partial charge in [-0.05, 0) is 128 Å². The van der Waals surface area contributed by atoms with Gasteiger partial charge in [-0.1, -0.05) is 183 Å². The molecule has 0 amide bonds. The molecule has 0 radical (unpaired) electrons. The number of benzene rings is 9. The quantitative estimate of drug-likeness (QED) is 0.107. The molecule has 68 heavy (non-hydrogen) atoms. The molecule has 0 saturated heterocycles. The second kappa shape index (κ2) is 17.2. The fraction of sp³-hybridized carbons (Fsp3) is 0.0159. The Bertz CT molecular complexity index is 3580. The summed E-state index contributed by atoms with van der Waals surface area (Å²) in [4.78, 5) is 15.2. The van der Waals surface area contributed by atoms with E-state index in [1.807, 2.05) is 42.6 Å². The summed E-state index contributed by atoms with van der Waals surface area (Å²) in [5.41, 5.74) is 23.3. The van der Waals surface area contributed by atoms with Crippen LogP contribution in [0.2, 0.25) is 0 Å². The first-order valence-electron chi connectivity index (χ1n) is 23.2. The minimum Gasteiger partial charge on any atom is -0.311 e. The van der Waals surface area contributed by atoms with E-state index in [0.29, 0.717) is 0 Å². The van der Waals surface area contributed by atoms with Crippen molar-refractivity contribution in [1.82, 2.24) is 9.97 Å². The summed E-state index contributed by atoms with van der Waals surface area (Å²) in [6.07, 6.45) is 9.86. The number of hydrogen-bond donors (Lipinski definition) is 0. The molecule has 3 heterocycles. The number of fused-ring (bicyclic) bond motifs is 5. The van der Waals surface area contributed by atoms with E-state index in [-0.39, 0.29) is 6.71 Å². The van der Waals surface area contributed by atoms with Gasteiger partial charge in [0, 0.05) is 39.7 Å². The summed E-state index contributed by atoms with van der Waals surface area (Å²) in [5.74, 6) is 0. The fourth-order valence-corrected chi connectivity index (χ4v) is 10.1. The Balaban J connectivity index is 1.15. The van der Waals surface area contributed by atoms with E-state index in [4.69, 9.17) is 9.97 Å². The van der Waals surface area contributed by atoms with Gasteiger partial charge in [0.15, 0.2) is 0 Å². The Morgan fingerprint density at radius 2 is 0.926 bits per heavy atom. The first-order chi connectivity index (χ1) is 33.6. The van der Waals surface area contributed by atoms with E-state index in [9.17, 15) is 0 Å². The minimum atomic E-state index is -0.105. The highest BCUT2D eigenvalue weighted by Gasteiger charge is 2.44. The summed E-state index contributed by atoms with van der Waals surface area (Å²) in [6, 6.07) is 77.1. The third-order valence-electron chi connectivity index (χ3n) is 13.4. The highest BCUT2D eigenvalue weighted by atomic mass is 15.2. The van der Waals surface area contributed by atoms with Gasteiger partial charge >= 0.3 is 0 Å². The van der Waals surface area contributed by atoms with E-state index < -0.39 is 0 Å². The zero-order valence-corrected chi connectivity index (χ0v) is 37.7. The van der Waals surface area contributed by atoms with Gasteiger partial charge in [0.25, 0.3) is 6.71 Å². The number of nitrogens with zero attached hydrogens (tertiary/aromatic N) is 4. The number of anilines is 6. The SMILES string of the molecule is C=C/C=C\C=C(/C)c1ccc(N2c3ccc(-c4ccccc4)cc3B3c4cc(-c5ccccc5)ccc4N(c4ccc(-c5ccccc5)cc4)c4cc(-c5cnc6ccccc6n5)cc2c43)cc1. The summed E-state index contributed by atoms with van der Waals surface area (Å²) in [5, 5.41) is 0. The van der Waals surface area contributed by atoms with Crippen molar-refractivity contribution in [2.24, 2.45) is 0 Å². The molecule has 1 aromatic heterocycles. The highest BCUT2D eigenvalue weighted by molar-refractivity contribution is 7.00. The van der Waals surface area contributed by atoms with Crippen molar-refractivity contribution in [1.29, 1.82) is 0 Å². The lowest BCUT2D eigenvalue weighted by atomic mass is 9.33. The monoisotopic (exact) mass is 868 g/mol. The Labute approximate surface area is 398 Å². The molecule has 320 valence electrons. The molecular formula is C63H45BN4. The zero-order valence-electron chi connectivity index (χ0n) is 37.7. The van der Waals surface area contributed by atoms with Gasteiger partial charge in [-0.3, -0.25) is 4.98 Å². The lowest BCUT2D eigenvalue weighted by molar-refractivity contribution is 1.24. The lowest BCUT2D eigenvalue weighted by Crippen LogP contribution is -2.61. The van der Waals surface area contributed by atoms with Crippen molar-refractivity contribution in [3.63, 3.8) is 0 Å². The Kier molecular flexibility index (Phi) is 10.3. The molecule has 12 rings (SSSR count). The van der Waals surface area contributed by atoms with Crippen LogP contribution in [0.1, 0.15) is 12.5 Å². The van der Waals surface area contributed by atoms with E-state index in [1.54, 1.807) is 6.08 Å². The minimum absolute atomic E-state index is 0.105. The van der Waals surface area contributed by atoms with E-state index in [1.165, 1.54) is 55.3 Å². The van der Waals surface area contributed by atoms with E-state index in [2.05, 4.69) is 217 Å². The smallest absolute Gasteiger partial charge is 0.252 e. The highest BCUT2D eigenvalue weighted by Crippen LogP contribution is 2.47. The molecular weight excluding hydrogens is 824 g/mol. The molecule has 10 aromatic rings. The Morgan fingerprint density at radius 3 is 1.47 bits per heavy atom. The molecule has 0 unspecified atom stereocenters. The largest absolute Gasteiger partial charge is 0.311 e. The summed E-state index contributed by atoms with van der Waals surface area (Å²) < 4.78 is 0. The van der Waals surface area contributed by atoms with Gasteiger partial charge in [0.2, 0.25) is 0 Å². The fourth-order valence-electron chi connectivity index (χ4n) is 10.1. The van der Waals surface area contributed by atoms with Crippen LogP contribution in [-0.4, -0.2) is 16.7 Å². The topological polar surface area (TPSA) is 32.3 Å². The molecule has 9 aromatic carbocycles.